The van der Waals surface area contributed by atoms with Crippen molar-refractivity contribution in [3.8, 4) is 5.75 Å². The van der Waals surface area contributed by atoms with Crippen LogP contribution in [0.15, 0.2) is 83.5 Å². The van der Waals surface area contributed by atoms with Crippen LogP contribution in [0.5, 0.6) is 5.75 Å². The Hall–Kier alpha value is -4.02. The number of sulfonamides is 1. The van der Waals surface area contributed by atoms with Crippen LogP contribution >= 0.6 is 0 Å². The Balaban J connectivity index is 1.86. The van der Waals surface area contributed by atoms with Gasteiger partial charge in [0.25, 0.3) is 11.7 Å². The molecule has 34 heavy (non-hydrogen) atoms. The van der Waals surface area contributed by atoms with E-state index in [1.807, 2.05) is 6.92 Å². The number of carbonyl (C=O) groups is 2. The van der Waals surface area contributed by atoms with E-state index in [0.717, 1.165) is 0 Å². The predicted octanol–water partition coefficient (Wildman–Crippen LogP) is 2.75. The number of primary sulfonamides is 1. The minimum absolute atomic E-state index is 0.113. The van der Waals surface area contributed by atoms with E-state index in [1.165, 1.54) is 35.4 Å². The van der Waals surface area contributed by atoms with Gasteiger partial charge in [0.15, 0.2) is 0 Å². The number of amides is 1. The van der Waals surface area contributed by atoms with Gasteiger partial charge >= 0.3 is 0 Å². The third kappa shape index (κ3) is 4.28. The molecule has 0 saturated carbocycles. The fourth-order valence-electron chi connectivity index (χ4n) is 3.78. The summed E-state index contributed by atoms with van der Waals surface area (Å²) in [6.45, 7) is 2.32. The van der Waals surface area contributed by atoms with Crippen molar-refractivity contribution in [2.24, 2.45) is 5.14 Å². The van der Waals surface area contributed by atoms with E-state index in [0.29, 0.717) is 23.5 Å². The highest BCUT2D eigenvalue weighted by molar-refractivity contribution is 7.89. The average Bonchev–Trinajstić information content (AvgIpc) is 3.10. The van der Waals surface area contributed by atoms with Crippen molar-refractivity contribution in [2.75, 3.05) is 11.5 Å². The van der Waals surface area contributed by atoms with Crippen molar-refractivity contribution in [1.29, 1.82) is 0 Å². The molecule has 1 saturated heterocycles. The van der Waals surface area contributed by atoms with E-state index in [2.05, 4.69) is 4.98 Å². The molecule has 3 N–H and O–H groups in total. The highest BCUT2D eigenvalue weighted by atomic mass is 32.2. The molecule has 2 heterocycles. The van der Waals surface area contributed by atoms with Gasteiger partial charge in [-0.1, -0.05) is 6.07 Å². The largest absolute Gasteiger partial charge is 0.507 e. The van der Waals surface area contributed by atoms with E-state index in [4.69, 9.17) is 9.88 Å². The van der Waals surface area contributed by atoms with Crippen LogP contribution in [0.2, 0.25) is 0 Å². The summed E-state index contributed by atoms with van der Waals surface area (Å²) in [5.41, 5.74) is 0.969. The summed E-state index contributed by atoms with van der Waals surface area (Å²) in [5, 5.41) is 16.3. The van der Waals surface area contributed by atoms with Gasteiger partial charge in [-0.05, 0) is 67.1 Å². The van der Waals surface area contributed by atoms with E-state index in [1.54, 1.807) is 42.6 Å². The zero-order chi connectivity index (χ0) is 24.5. The number of nitrogens with two attached hydrogens (primary N) is 1. The summed E-state index contributed by atoms with van der Waals surface area (Å²) < 4.78 is 28.6. The lowest BCUT2D eigenvalue weighted by atomic mass is 9.96. The number of rotatable bonds is 6. The van der Waals surface area contributed by atoms with Gasteiger partial charge in [-0.3, -0.25) is 19.5 Å². The molecule has 2 aromatic carbocycles. The maximum Gasteiger partial charge on any atom is 0.300 e. The Morgan fingerprint density at radius 3 is 2.32 bits per heavy atom. The second kappa shape index (κ2) is 9.08. The molecular formula is C24H21N3O6S. The zero-order valence-corrected chi connectivity index (χ0v) is 18.9. The molecule has 1 amide bonds. The standard InChI is InChI=1S/C24H21N3O6S/c1-2-33-18-9-5-15(6-10-18)22(28)20-21(16-4-3-13-26-14-16)27(24(30)23(20)29)17-7-11-19(12-8-17)34(25,31)32/h3-14,21,28H,2H2,1H3,(H2,25,31,32)/b22-20+. The quantitative estimate of drug-likeness (QED) is 0.315. The van der Waals surface area contributed by atoms with E-state index < -0.39 is 27.8 Å². The molecule has 0 radical (unpaired) electrons. The Bertz CT molecular complexity index is 1370. The summed E-state index contributed by atoms with van der Waals surface area (Å²) >= 11 is 0. The number of nitrogens with zero attached hydrogens (tertiary/aromatic N) is 2. The molecule has 3 aromatic rings. The number of hydrogen-bond acceptors (Lipinski definition) is 7. The molecule has 1 aromatic heterocycles. The number of pyridine rings is 1. The number of aromatic nitrogens is 1. The minimum atomic E-state index is -3.94. The lowest BCUT2D eigenvalue weighted by molar-refractivity contribution is -0.132. The molecule has 1 aliphatic heterocycles. The Morgan fingerprint density at radius 1 is 1.09 bits per heavy atom. The van der Waals surface area contributed by atoms with Crippen molar-refractivity contribution in [2.45, 2.75) is 17.9 Å². The van der Waals surface area contributed by atoms with Gasteiger partial charge in [-0.2, -0.15) is 0 Å². The number of benzene rings is 2. The fourth-order valence-corrected chi connectivity index (χ4v) is 4.30. The zero-order valence-electron chi connectivity index (χ0n) is 18.1. The van der Waals surface area contributed by atoms with Gasteiger partial charge in [0.1, 0.15) is 11.5 Å². The molecule has 1 unspecified atom stereocenters. The number of ketones is 1. The average molecular weight is 480 g/mol. The maximum absolute atomic E-state index is 13.1. The van der Waals surface area contributed by atoms with Gasteiger partial charge in [-0.15, -0.1) is 0 Å². The normalized spacial score (nSPS) is 17.7. The van der Waals surface area contributed by atoms with E-state index in [9.17, 15) is 23.1 Å². The summed E-state index contributed by atoms with van der Waals surface area (Å²) in [6.07, 6.45) is 3.04. The van der Waals surface area contributed by atoms with Gasteiger partial charge in [0, 0.05) is 23.6 Å². The van der Waals surface area contributed by atoms with Crippen LogP contribution in [-0.4, -0.2) is 36.8 Å². The molecule has 1 atom stereocenters. The van der Waals surface area contributed by atoms with Gasteiger partial charge in [0.2, 0.25) is 10.0 Å². The molecule has 1 fully saturated rings. The first-order valence-electron chi connectivity index (χ1n) is 10.3. The summed E-state index contributed by atoms with van der Waals surface area (Å²) in [7, 11) is -3.94. The Morgan fingerprint density at radius 2 is 1.76 bits per heavy atom. The molecule has 10 heteroatoms. The van der Waals surface area contributed by atoms with Gasteiger partial charge < -0.3 is 9.84 Å². The predicted molar refractivity (Wildman–Crippen MR) is 124 cm³/mol. The van der Waals surface area contributed by atoms with Crippen molar-refractivity contribution in [3.05, 3.63) is 89.8 Å². The molecular weight excluding hydrogens is 458 g/mol. The van der Waals surface area contributed by atoms with Crippen LogP contribution < -0.4 is 14.8 Å². The first-order valence-corrected chi connectivity index (χ1v) is 11.8. The smallest absolute Gasteiger partial charge is 0.300 e. The van der Waals surface area contributed by atoms with Crippen LogP contribution in [0.1, 0.15) is 24.1 Å². The third-order valence-electron chi connectivity index (χ3n) is 5.33. The van der Waals surface area contributed by atoms with Crippen LogP contribution in [-0.2, 0) is 19.6 Å². The molecule has 1 aliphatic rings. The number of carbonyl (C=O) groups excluding carboxylic acids is 2. The Kier molecular flexibility index (Phi) is 6.18. The lowest BCUT2D eigenvalue weighted by Crippen LogP contribution is -2.29. The monoisotopic (exact) mass is 479 g/mol. The van der Waals surface area contributed by atoms with E-state index >= 15 is 0 Å². The first-order chi connectivity index (χ1) is 16.2. The first kappa shape index (κ1) is 23.1. The van der Waals surface area contributed by atoms with Crippen molar-refractivity contribution in [3.63, 3.8) is 0 Å². The number of ether oxygens (including phenoxy) is 1. The van der Waals surface area contributed by atoms with Crippen molar-refractivity contribution >= 4 is 33.2 Å². The van der Waals surface area contributed by atoms with Crippen LogP contribution in [0, 0.1) is 0 Å². The second-order valence-corrected chi connectivity index (χ2v) is 9.01. The summed E-state index contributed by atoms with van der Waals surface area (Å²) in [6, 6.07) is 14.1. The minimum Gasteiger partial charge on any atom is -0.507 e. The lowest BCUT2D eigenvalue weighted by Gasteiger charge is -2.25. The van der Waals surface area contributed by atoms with Crippen LogP contribution in [0.25, 0.3) is 5.76 Å². The fraction of sp³-hybridized carbons (Fsp3) is 0.125. The summed E-state index contributed by atoms with van der Waals surface area (Å²) in [4.78, 5) is 31.4. The second-order valence-electron chi connectivity index (χ2n) is 7.45. The van der Waals surface area contributed by atoms with Crippen LogP contribution in [0.3, 0.4) is 0 Å². The number of Topliss-reactive ketones (excluding diaryl/α,β-unsaturated/α-hetero) is 1. The Labute approximate surface area is 196 Å². The highest BCUT2D eigenvalue weighted by Gasteiger charge is 2.47. The maximum atomic E-state index is 13.1. The molecule has 174 valence electrons. The molecule has 0 spiro atoms. The SMILES string of the molecule is CCOc1ccc(/C(O)=C2\C(=O)C(=O)N(c3ccc(S(N)(=O)=O)cc3)C2c2cccnc2)cc1. The van der Waals surface area contributed by atoms with E-state index in [-0.39, 0.29) is 21.9 Å². The van der Waals surface area contributed by atoms with Crippen molar-refractivity contribution in [1.82, 2.24) is 4.98 Å². The summed E-state index contributed by atoms with van der Waals surface area (Å²) in [5.74, 6) is -1.50. The van der Waals surface area contributed by atoms with Gasteiger partial charge in [-0.25, -0.2) is 13.6 Å². The van der Waals surface area contributed by atoms with Gasteiger partial charge in [0.05, 0.1) is 23.1 Å². The molecule has 9 nitrogen and oxygen atoms in total. The molecule has 0 bridgehead atoms. The number of anilines is 1. The third-order valence-corrected chi connectivity index (χ3v) is 6.26. The number of hydrogen-bond donors (Lipinski definition) is 2. The topological polar surface area (TPSA) is 140 Å². The number of aliphatic hydroxyl groups excluding tert-OH is 1. The number of aliphatic hydroxyl groups is 1. The highest BCUT2D eigenvalue weighted by Crippen LogP contribution is 2.42. The molecule has 4 rings (SSSR count). The van der Waals surface area contributed by atoms with Crippen LogP contribution in [0.4, 0.5) is 5.69 Å². The molecule has 0 aliphatic carbocycles. The van der Waals surface area contributed by atoms with Crippen molar-refractivity contribution < 1.29 is 27.9 Å².